The van der Waals surface area contributed by atoms with Crippen molar-refractivity contribution in [3.63, 3.8) is 0 Å². The van der Waals surface area contributed by atoms with Crippen molar-refractivity contribution in [3.05, 3.63) is 65.4 Å². The van der Waals surface area contributed by atoms with Crippen LogP contribution in [0.5, 0.6) is 5.75 Å². The summed E-state index contributed by atoms with van der Waals surface area (Å²) in [4.78, 5) is 16.5. The number of methoxy groups -OCH3 is 1. The number of fused-ring (bicyclic) bond motifs is 1. The molecule has 0 bridgehead atoms. The number of ether oxygens (including phenoxy) is 1. The van der Waals surface area contributed by atoms with Gasteiger partial charge < -0.3 is 15.4 Å². The van der Waals surface area contributed by atoms with Gasteiger partial charge in [0.1, 0.15) is 11.4 Å². The summed E-state index contributed by atoms with van der Waals surface area (Å²) < 4.78 is 45.5. The molecule has 1 fully saturated rings. The molecule has 0 spiro atoms. The predicted molar refractivity (Wildman–Crippen MR) is 122 cm³/mol. The Kier molecular flexibility index (Phi) is 6.44. The van der Waals surface area contributed by atoms with Crippen LogP contribution < -0.4 is 15.4 Å². The summed E-state index contributed by atoms with van der Waals surface area (Å²) >= 11 is 0. The molecule has 8 heteroatoms. The summed E-state index contributed by atoms with van der Waals surface area (Å²) in [6, 6.07) is 13.1. The Morgan fingerprint density at radius 3 is 2.48 bits per heavy atom. The molecule has 1 aliphatic carbocycles. The number of pyridine rings is 1. The van der Waals surface area contributed by atoms with E-state index in [1.807, 2.05) is 13.0 Å². The molecule has 1 heterocycles. The number of nitrogens with zero attached hydrogens (tertiary/aromatic N) is 1. The first-order chi connectivity index (χ1) is 15.7. The Hall–Kier alpha value is -3.29. The van der Waals surface area contributed by atoms with Gasteiger partial charge in [0, 0.05) is 28.7 Å². The van der Waals surface area contributed by atoms with E-state index in [9.17, 15) is 18.0 Å². The summed E-state index contributed by atoms with van der Waals surface area (Å²) in [6.45, 7) is 1.83. The zero-order chi connectivity index (χ0) is 23.6. The Bertz CT molecular complexity index is 1150. The van der Waals surface area contributed by atoms with Gasteiger partial charge in [-0.05, 0) is 74.6 Å². The molecule has 0 radical (unpaired) electrons. The minimum atomic E-state index is -4.53. The predicted octanol–water partition coefficient (Wildman–Crippen LogP) is 5.72. The van der Waals surface area contributed by atoms with Crippen LogP contribution in [0.1, 0.15) is 47.3 Å². The first kappa shape index (κ1) is 22.9. The van der Waals surface area contributed by atoms with Gasteiger partial charge in [-0.3, -0.25) is 4.79 Å². The van der Waals surface area contributed by atoms with Crippen LogP contribution in [-0.2, 0) is 6.18 Å². The lowest BCUT2D eigenvalue weighted by Gasteiger charge is -2.31. The first-order valence-corrected chi connectivity index (χ1v) is 10.9. The zero-order valence-corrected chi connectivity index (χ0v) is 18.5. The number of carbonyl (C=O) groups is 1. The van der Waals surface area contributed by atoms with E-state index in [0.717, 1.165) is 30.9 Å². The highest BCUT2D eigenvalue weighted by Gasteiger charge is 2.34. The second kappa shape index (κ2) is 9.29. The van der Waals surface area contributed by atoms with Crippen molar-refractivity contribution in [2.75, 3.05) is 12.4 Å². The maximum Gasteiger partial charge on any atom is 0.433 e. The van der Waals surface area contributed by atoms with Crippen molar-refractivity contribution in [1.82, 2.24) is 10.3 Å². The van der Waals surface area contributed by atoms with Gasteiger partial charge >= 0.3 is 6.18 Å². The molecular weight excluding hydrogens is 431 g/mol. The third kappa shape index (κ3) is 5.38. The fraction of sp³-hybridized carbons (Fsp3) is 0.360. The fourth-order valence-electron chi connectivity index (χ4n) is 4.29. The molecule has 1 amide bonds. The second-order valence-electron chi connectivity index (χ2n) is 8.48. The van der Waals surface area contributed by atoms with Gasteiger partial charge in [0.05, 0.1) is 12.6 Å². The van der Waals surface area contributed by atoms with Crippen molar-refractivity contribution < 1.29 is 22.7 Å². The maximum atomic E-state index is 13.4. The van der Waals surface area contributed by atoms with E-state index in [2.05, 4.69) is 15.6 Å². The van der Waals surface area contributed by atoms with E-state index in [1.165, 1.54) is 0 Å². The van der Waals surface area contributed by atoms with Gasteiger partial charge in [0.25, 0.3) is 5.91 Å². The van der Waals surface area contributed by atoms with Crippen molar-refractivity contribution in [1.29, 1.82) is 0 Å². The van der Waals surface area contributed by atoms with E-state index in [1.54, 1.807) is 43.5 Å². The molecule has 33 heavy (non-hydrogen) atoms. The number of rotatable bonds is 5. The minimum Gasteiger partial charge on any atom is -0.497 e. The molecule has 1 saturated carbocycles. The Labute approximate surface area is 190 Å². The number of hydrogen-bond acceptors (Lipinski definition) is 4. The Morgan fingerprint density at radius 2 is 1.79 bits per heavy atom. The Morgan fingerprint density at radius 1 is 1.06 bits per heavy atom. The van der Waals surface area contributed by atoms with Crippen molar-refractivity contribution >= 4 is 22.5 Å². The number of nitrogens with one attached hydrogen (secondary N) is 2. The van der Waals surface area contributed by atoms with E-state index in [0.29, 0.717) is 34.3 Å². The molecule has 4 rings (SSSR count). The zero-order valence-electron chi connectivity index (χ0n) is 18.5. The average Bonchev–Trinajstić information content (AvgIpc) is 2.78. The topological polar surface area (TPSA) is 63.2 Å². The fourth-order valence-corrected chi connectivity index (χ4v) is 4.29. The van der Waals surface area contributed by atoms with Crippen LogP contribution in [0.25, 0.3) is 10.9 Å². The van der Waals surface area contributed by atoms with Gasteiger partial charge in [-0.1, -0.05) is 12.1 Å². The summed E-state index contributed by atoms with van der Waals surface area (Å²) in [6.07, 6.45) is -1.41. The molecule has 2 atom stereocenters. The number of amides is 1. The Balaban J connectivity index is 1.50. The van der Waals surface area contributed by atoms with Crippen LogP contribution >= 0.6 is 0 Å². The van der Waals surface area contributed by atoms with Crippen molar-refractivity contribution in [3.8, 4) is 5.75 Å². The van der Waals surface area contributed by atoms with Gasteiger partial charge in [-0.25, -0.2) is 4.98 Å². The van der Waals surface area contributed by atoms with Crippen LogP contribution in [0.3, 0.4) is 0 Å². The molecular formula is C25H26F3N3O2. The van der Waals surface area contributed by atoms with Crippen LogP contribution in [0.15, 0.2) is 48.5 Å². The number of carbonyl (C=O) groups excluding carboxylic acids is 1. The molecule has 0 saturated heterocycles. The molecule has 1 aromatic heterocycles. The third-order valence-corrected chi connectivity index (χ3v) is 5.98. The average molecular weight is 457 g/mol. The standard InChI is InChI=1S/C25H26F3N3O2/c1-15-6-11-20-21(12-15)31-23(25(26,27)28)14-22(20)29-17-4-3-5-18(13-17)30-24(32)16-7-9-19(33-2)10-8-16/h6-12,14,17-18H,3-5,13H2,1-2H3,(H,29,31)(H,30,32)/t17-,18+/m0/s1. The molecule has 3 aromatic rings. The maximum absolute atomic E-state index is 13.4. The highest BCUT2D eigenvalue weighted by atomic mass is 19.4. The van der Waals surface area contributed by atoms with E-state index < -0.39 is 11.9 Å². The summed E-state index contributed by atoms with van der Waals surface area (Å²) in [5, 5.41) is 7.01. The van der Waals surface area contributed by atoms with E-state index in [-0.39, 0.29) is 18.0 Å². The largest absolute Gasteiger partial charge is 0.497 e. The quantitative estimate of drug-likeness (QED) is 0.514. The van der Waals surface area contributed by atoms with Gasteiger partial charge in [0.2, 0.25) is 0 Å². The number of hydrogen-bond donors (Lipinski definition) is 2. The lowest BCUT2D eigenvalue weighted by atomic mass is 9.90. The normalized spacial score (nSPS) is 18.7. The van der Waals surface area contributed by atoms with E-state index in [4.69, 9.17) is 4.74 Å². The summed E-state index contributed by atoms with van der Waals surface area (Å²) in [5.74, 6) is 0.499. The number of alkyl halides is 3. The molecule has 2 aromatic carbocycles. The first-order valence-electron chi connectivity index (χ1n) is 10.9. The lowest BCUT2D eigenvalue weighted by Crippen LogP contribution is -2.41. The number of benzene rings is 2. The van der Waals surface area contributed by atoms with Gasteiger partial charge in [-0.15, -0.1) is 0 Å². The molecule has 2 N–H and O–H groups in total. The van der Waals surface area contributed by atoms with Crippen molar-refractivity contribution in [2.45, 2.75) is 50.9 Å². The number of halogens is 3. The SMILES string of the molecule is COc1ccc(C(=O)N[C@@H]2CCC[C@H](Nc3cc(C(F)(F)F)nc4cc(C)ccc34)C2)cc1. The van der Waals surface area contributed by atoms with Gasteiger partial charge in [-0.2, -0.15) is 13.2 Å². The molecule has 0 aliphatic heterocycles. The molecule has 0 unspecified atom stereocenters. The van der Waals surface area contributed by atoms with Crippen LogP contribution in [0.2, 0.25) is 0 Å². The van der Waals surface area contributed by atoms with Crippen LogP contribution in [0, 0.1) is 6.92 Å². The lowest BCUT2D eigenvalue weighted by molar-refractivity contribution is -0.140. The molecule has 5 nitrogen and oxygen atoms in total. The number of aryl methyl sites for hydroxylation is 1. The van der Waals surface area contributed by atoms with E-state index >= 15 is 0 Å². The molecule has 174 valence electrons. The highest BCUT2D eigenvalue weighted by Crippen LogP contribution is 2.34. The third-order valence-electron chi connectivity index (χ3n) is 5.98. The van der Waals surface area contributed by atoms with Crippen LogP contribution in [0.4, 0.5) is 18.9 Å². The summed E-state index contributed by atoms with van der Waals surface area (Å²) in [7, 11) is 1.56. The number of aromatic nitrogens is 1. The second-order valence-corrected chi connectivity index (χ2v) is 8.48. The highest BCUT2D eigenvalue weighted by molar-refractivity contribution is 5.94. The van der Waals surface area contributed by atoms with Crippen LogP contribution in [-0.4, -0.2) is 30.1 Å². The van der Waals surface area contributed by atoms with Crippen molar-refractivity contribution in [2.24, 2.45) is 0 Å². The minimum absolute atomic E-state index is 0.0621. The monoisotopic (exact) mass is 457 g/mol. The molecule has 1 aliphatic rings. The van der Waals surface area contributed by atoms with Gasteiger partial charge in [0.15, 0.2) is 0 Å². The number of anilines is 1. The summed E-state index contributed by atoms with van der Waals surface area (Å²) in [5.41, 5.74) is 1.20. The smallest absolute Gasteiger partial charge is 0.433 e.